The third-order valence-electron chi connectivity index (χ3n) is 4.67. The van der Waals surface area contributed by atoms with Crippen LogP contribution in [0.15, 0.2) is 24.5 Å². The monoisotopic (exact) mass is 368 g/mol. The molecule has 142 valence electrons. The lowest BCUT2D eigenvalue weighted by Gasteiger charge is -2.32. The number of nitrogen functional groups attached to an aromatic ring is 1. The van der Waals surface area contributed by atoms with Gasteiger partial charge in [0.2, 0.25) is 0 Å². The van der Waals surface area contributed by atoms with Gasteiger partial charge in [0.15, 0.2) is 17.5 Å². The van der Waals surface area contributed by atoms with Crippen molar-refractivity contribution in [1.82, 2.24) is 15.0 Å². The SMILES string of the molecule is Nc1c(N2CCOCC2)nc(C=Cc2ccncc2)nc1N1CCOCC1. The Labute approximate surface area is 158 Å². The lowest BCUT2D eigenvalue weighted by molar-refractivity contribution is 0.122. The van der Waals surface area contributed by atoms with Crippen LogP contribution in [0, 0.1) is 0 Å². The first-order chi connectivity index (χ1) is 13.3. The number of nitrogens with zero attached hydrogens (tertiary/aromatic N) is 5. The molecule has 0 unspecified atom stereocenters. The highest BCUT2D eigenvalue weighted by Gasteiger charge is 2.23. The molecule has 2 fully saturated rings. The van der Waals surface area contributed by atoms with E-state index in [1.54, 1.807) is 12.4 Å². The second-order valence-electron chi connectivity index (χ2n) is 6.46. The molecule has 8 nitrogen and oxygen atoms in total. The Balaban J connectivity index is 1.69. The molecule has 0 spiro atoms. The Morgan fingerprint density at radius 3 is 1.85 bits per heavy atom. The highest BCUT2D eigenvalue weighted by atomic mass is 16.5. The van der Waals surface area contributed by atoms with Crippen LogP contribution >= 0.6 is 0 Å². The van der Waals surface area contributed by atoms with E-state index in [-0.39, 0.29) is 0 Å². The lowest BCUT2D eigenvalue weighted by atomic mass is 10.2. The van der Waals surface area contributed by atoms with Gasteiger partial charge in [-0.1, -0.05) is 6.08 Å². The molecule has 0 radical (unpaired) electrons. The summed E-state index contributed by atoms with van der Waals surface area (Å²) in [6, 6.07) is 3.89. The number of nitrogens with two attached hydrogens (primary N) is 1. The summed E-state index contributed by atoms with van der Waals surface area (Å²) in [4.78, 5) is 17.9. The number of pyridine rings is 1. The Morgan fingerprint density at radius 1 is 0.815 bits per heavy atom. The molecule has 0 saturated carbocycles. The molecule has 2 aromatic rings. The number of hydrogen-bond acceptors (Lipinski definition) is 8. The molecule has 0 bridgehead atoms. The van der Waals surface area contributed by atoms with Crippen molar-refractivity contribution in [3.63, 3.8) is 0 Å². The summed E-state index contributed by atoms with van der Waals surface area (Å²) in [5.74, 6) is 2.21. The highest BCUT2D eigenvalue weighted by molar-refractivity contribution is 5.78. The maximum Gasteiger partial charge on any atom is 0.158 e. The van der Waals surface area contributed by atoms with E-state index in [2.05, 4.69) is 14.8 Å². The summed E-state index contributed by atoms with van der Waals surface area (Å²) in [5.41, 5.74) is 8.17. The van der Waals surface area contributed by atoms with Crippen LogP contribution in [0.1, 0.15) is 11.4 Å². The van der Waals surface area contributed by atoms with Crippen molar-refractivity contribution in [3.05, 3.63) is 35.9 Å². The summed E-state index contributed by atoms with van der Waals surface area (Å²) in [6.07, 6.45) is 7.44. The van der Waals surface area contributed by atoms with Crippen LogP contribution in [0.3, 0.4) is 0 Å². The zero-order valence-corrected chi connectivity index (χ0v) is 15.3. The summed E-state index contributed by atoms with van der Waals surface area (Å²) in [5, 5.41) is 0. The van der Waals surface area contributed by atoms with Crippen molar-refractivity contribution in [1.29, 1.82) is 0 Å². The molecule has 2 N–H and O–H groups in total. The normalized spacial score (nSPS) is 18.2. The number of ether oxygens (including phenoxy) is 2. The largest absolute Gasteiger partial charge is 0.393 e. The van der Waals surface area contributed by atoms with Gasteiger partial charge < -0.3 is 25.0 Å². The van der Waals surface area contributed by atoms with E-state index in [1.807, 2.05) is 24.3 Å². The van der Waals surface area contributed by atoms with Gasteiger partial charge in [-0.15, -0.1) is 0 Å². The van der Waals surface area contributed by atoms with Gasteiger partial charge in [0.05, 0.1) is 26.4 Å². The third kappa shape index (κ3) is 4.17. The summed E-state index contributed by atoms with van der Waals surface area (Å²) >= 11 is 0. The summed E-state index contributed by atoms with van der Waals surface area (Å²) < 4.78 is 10.9. The number of hydrogen-bond donors (Lipinski definition) is 1. The Bertz CT molecular complexity index is 747. The van der Waals surface area contributed by atoms with Crippen LogP contribution in [-0.4, -0.2) is 67.6 Å². The Morgan fingerprint density at radius 2 is 1.33 bits per heavy atom. The summed E-state index contributed by atoms with van der Waals surface area (Å²) in [7, 11) is 0. The molecule has 0 aromatic carbocycles. The van der Waals surface area contributed by atoms with E-state index in [0.29, 0.717) is 37.9 Å². The van der Waals surface area contributed by atoms with Crippen LogP contribution < -0.4 is 15.5 Å². The quantitative estimate of drug-likeness (QED) is 0.864. The molecule has 2 aromatic heterocycles. The minimum Gasteiger partial charge on any atom is -0.393 e. The van der Waals surface area contributed by atoms with E-state index in [4.69, 9.17) is 25.2 Å². The van der Waals surface area contributed by atoms with Gasteiger partial charge in [0, 0.05) is 38.6 Å². The summed E-state index contributed by atoms with van der Waals surface area (Å²) in [6.45, 7) is 5.82. The van der Waals surface area contributed by atoms with Gasteiger partial charge in [-0.2, -0.15) is 0 Å². The molecule has 4 heterocycles. The predicted octanol–water partition coefficient (Wildman–Crippen LogP) is 1.30. The van der Waals surface area contributed by atoms with Gasteiger partial charge in [-0.05, 0) is 23.8 Å². The first kappa shape index (κ1) is 17.7. The first-order valence-electron chi connectivity index (χ1n) is 9.22. The molecule has 2 aliphatic rings. The van der Waals surface area contributed by atoms with Gasteiger partial charge >= 0.3 is 0 Å². The zero-order valence-electron chi connectivity index (χ0n) is 15.3. The van der Waals surface area contributed by atoms with Crippen LogP contribution in [0.2, 0.25) is 0 Å². The average Bonchev–Trinajstić information content (AvgIpc) is 2.75. The van der Waals surface area contributed by atoms with Crippen molar-refractivity contribution < 1.29 is 9.47 Å². The van der Waals surface area contributed by atoms with Crippen LogP contribution in [0.5, 0.6) is 0 Å². The topological polar surface area (TPSA) is 89.6 Å². The van der Waals surface area contributed by atoms with Gasteiger partial charge in [-0.3, -0.25) is 4.98 Å². The third-order valence-corrected chi connectivity index (χ3v) is 4.67. The second-order valence-corrected chi connectivity index (χ2v) is 6.46. The molecule has 2 aliphatic heterocycles. The second kappa shape index (κ2) is 8.32. The molecule has 0 atom stereocenters. The first-order valence-corrected chi connectivity index (χ1v) is 9.22. The predicted molar refractivity (Wildman–Crippen MR) is 106 cm³/mol. The van der Waals surface area contributed by atoms with Crippen molar-refractivity contribution in [2.24, 2.45) is 0 Å². The molecular formula is C19H24N6O2. The maximum absolute atomic E-state index is 6.50. The Kier molecular flexibility index (Phi) is 5.45. The maximum atomic E-state index is 6.50. The standard InChI is InChI=1S/C19H24N6O2/c20-17-18(24-7-11-26-12-8-24)22-16(2-1-15-3-5-21-6-4-15)23-19(17)25-9-13-27-14-10-25/h1-6H,7-14,20H2. The van der Waals surface area contributed by atoms with Crippen molar-refractivity contribution in [2.45, 2.75) is 0 Å². The van der Waals surface area contributed by atoms with Crippen molar-refractivity contribution >= 4 is 29.5 Å². The Hall–Kier alpha value is -2.71. The fourth-order valence-corrected chi connectivity index (χ4v) is 3.21. The van der Waals surface area contributed by atoms with Gasteiger partial charge in [0.1, 0.15) is 5.69 Å². The molecule has 4 rings (SSSR count). The zero-order chi connectivity index (χ0) is 18.5. The van der Waals surface area contributed by atoms with Crippen LogP contribution in [-0.2, 0) is 9.47 Å². The number of aromatic nitrogens is 3. The van der Waals surface area contributed by atoms with E-state index in [1.165, 1.54) is 0 Å². The molecule has 2 saturated heterocycles. The molecule has 0 aliphatic carbocycles. The fourth-order valence-electron chi connectivity index (χ4n) is 3.21. The van der Waals surface area contributed by atoms with Crippen molar-refractivity contribution in [3.8, 4) is 0 Å². The lowest BCUT2D eigenvalue weighted by Crippen LogP contribution is -2.40. The minimum atomic E-state index is 0.625. The van der Waals surface area contributed by atoms with Crippen molar-refractivity contribution in [2.75, 3.05) is 68.1 Å². The number of morpholine rings is 2. The fraction of sp³-hybridized carbons (Fsp3) is 0.421. The van der Waals surface area contributed by atoms with Gasteiger partial charge in [0.25, 0.3) is 0 Å². The van der Waals surface area contributed by atoms with E-state index < -0.39 is 0 Å². The van der Waals surface area contributed by atoms with E-state index in [0.717, 1.165) is 43.4 Å². The average molecular weight is 368 g/mol. The highest BCUT2D eigenvalue weighted by Crippen LogP contribution is 2.31. The molecular weight excluding hydrogens is 344 g/mol. The number of anilines is 3. The number of rotatable bonds is 4. The molecule has 0 amide bonds. The smallest absolute Gasteiger partial charge is 0.158 e. The minimum absolute atomic E-state index is 0.625. The van der Waals surface area contributed by atoms with Gasteiger partial charge in [-0.25, -0.2) is 9.97 Å². The van der Waals surface area contributed by atoms with Crippen LogP contribution in [0.4, 0.5) is 17.3 Å². The van der Waals surface area contributed by atoms with E-state index >= 15 is 0 Å². The molecule has 27 heavy (non-hydrogen) atoms. The van der Waals surface area contributed by atoms with Crippen LogP contribution in [0.25, 0.3) is 12.2 Å². The molecule has 8 heteroatoms. The van der Waals surface area contributed by atoms with E-state index in [9.17, 15) is 0 Å².